The van der Waals surface area contributed by atoms with Crippen molar-refractivity contribution in [3.05, 3.63) is 42.1 Å². The number of nitrogens with zero attached hydrogens (tertiary/aromatic N) is 2. The van der Waals surface area contributed by atoms with Crippen LogP contribution < -0.4 is 4.90 Å². The summed E-state index contributed by atoms with van der Waals surface area (Å²) in [6.45, 7) is 2.24. The van der Waals surface area contributed by atoms with Crippen LogP contribution in [0.4, 0.5) is 5.69 Å². The zero-order valence-corrected chi connectivity index (χ0v) is 8.09. The number of fused-ring (bicyclic) bond motifs is 3. The lowest BCUT2D eigenvalue weighted by Crippen LogP contribution is -2.28. The van der Waals surface area contributed by atoms with Crippen LogP contribution in [0.25, 0.3) is 0 Å². The van der Waals surface area contributed by atoms with Crippen molar-refractivity contribution in [3.8, 4) is 0 Å². The Balaban J connectivity index is 2.17. The molecule has 70 valence electrons. The highest BCUT2D eigenvalue weighted by Crippen LogP contribution is 2.41. The van der Waals surface area contributed by atoms with Crippen molar-refractivity contribution in [3.63, 3.8) is 0 Å². The number of aliphatic imine (C=N–C) groups is 1. The van der Waals surface area contributed by atoms with Gasteiger partial charge in [0, 0.05) is 24.0 Å². The zero-order valence-electron chi connectivity index (χ0n) is 8.09. The summed E-state index contributed by atoms with van der Waals surface area (Å²) in [7, 11) is 0. The molecule has 0 saturated carbocycles. The average molecular weight is 184 g/mol. The van der Waals surface area contributed by atoms with E-state index in [0.29, 0.717) is 5.92 Å². The van der Waals surface area contributed by atoms with E-state index in [1.165, 1.54) is 11.3 Å². The van der Waals surface area contributed by atoms with Gasteiger partial charge in [0.15, 0.2) is 0 Å². The summed E-state index contributed by atoms with van der Waals surface area (Å²) >= 11 is 0. The molecule has 0 aliphatic carbocycles. The van der Waals surface area contributed by atoms with Crippen LogP contribution in [0.1, 0.15) is 18.4 Å². The van der Waals surface area contributed by atoms with Gasteiger partial charge < -0.3 is 4.90 Å². The van der Waals surface area contributed by atoms with Crippen LogP contribution in [0.3, 0.4) is 0 Å². The third-order valence-electron chi connectivity index (χ3n) is 3.01. The second-order valence-electron chi connectivity index (χ2n) is 3.81. The predicted molar refractivity (Wildman–Crippen MR) is 58.8 cm³/mol. The van der Waals surface area contributed by atoms with Crippen molar-refractivity contribution >= 4 is 11.9 Å². The molecule has 0 spiro atoms. The molecule has 0 aromatic heterocycles. The van der Waals surface area contributed by atoms with Gasteiger partial charge >= 0.3 is 0 Å². The smallest absolute Gasteiger partial charge is 0.131 e. The van der Waals surface area contributed by atoms with E-state index < -0.39 is 0 Å². The molecule has 0 radical (unpaired) electrons. The molecule has 0 saturated heterocycles. The van der Waals surface area contributed by atoms with Gasteiger partial charge in [0.05, 0.1) is 0 Å². The van der Waals surface area contributed by atoms with Gasteiger partial charge in [-0.15, -0.1) is 0 Å². The fourth-order valence-corrected chi connectivity index (χ4v) is 2.29. The largest absolute Gasteiger partial charge is 0.324 e. The van der Waals surface area contributed by atoms with Crippen molar-refractivity contribution in [1.29, 1.82) is 0 Å². The predicted octanol–water partition coefficient (Wildman–Crippen LogP) is 2.53. The topological polar surface area (TPSA) is 15.6 Å². The Morgan fingerprint density at radius 3 is 3.07 bits per heavy atom. The molecule has 0 bridgehead atoms. The summed E-state index contributed by atoms with van der Waals surface area (Å²) in [6, 6.07) is 8.54. The maximum Gasteiger partial charge on any atom is 0.131 e. The first kappa shape index (κ1) is 7.80. The summed E-state index contributed by atoms with van der Waals surface area (Å²) in [5, 5.41) is 0. The maximum atomic E-state index is 4.50. The number of rotatable bonds is 0. The number of hydrogen-bond donors (Lipinski definition) is 0. The van der Waals surface area contributed by atoms with Gasteiger partial charge in [-0.1, -0.05) is 25.1 Å². The summed E-state index contributed by atoms with van der Waals surface area (Å²) in [4.78, 5) is 6.75. The van der Waals surface area contributed by atoms with E-state index in [1.54, 1.807) is 0 Å². The van der Waals surface area contributed by atoms with Crippen molar-refractivity contribution in [2.75, 3.05) is 4.90 Å². The first-order valence-electron chi connectivity index (χ1n) is 4.95. The second kappa shape index (κ2) is 2.71. The highest BCUT2D eigenvalue weighted by molar-refractivity contribution is 5.77. The van der Waals surface area contributed by atoms with Crippen LogP contribution in [-0.4, -0.2) is 12.4 Å². The molecule has 1 aromatic rings. The zero-order chi connectivity index (χ0) is 9.54. The molecule has 2 aliphatic heterocycles. The molecular formula is C12H12N2. The van der Waals surface area contributed by atoms with E-state index in [2.05, 4.69) is 47.3 Å². The summed E-state index contributed by atoms with van der Waals surface area (Å²) in [5.74, 6) is 0.493. The van der Waals surface area contributed by atoms with Crippen molar-refractivity contribution < 1.29 is 0 Å². The molecule has 0 amide bonds. The van der Waals surface area contributed by atoms with Crippen LogP contribution in [0.2, 0.25) is 0 Å². The van der Waals surface area contributed by atoms with E-state index >= 15 is 0 Å². The molecular weight excluding hydrogens is 172 g/mol. The lowest BCUT2D eigenvalue weighted by Gasteiger charge is -2.24. The Morgan fingerprint density at radius 2 is 2.14 bits per heavy atom. The van der Waals surface area contributed by atoms with E-state index in [0.717, 1.165) is 0 Å². The quantitative estimate of drug-likeness (QED) is 0.605. The highest BCUT2D eigenvalue weighted by Gasteiger charge is 2.34. The van der Waals surface area contributed by atoms with Gasteiger partial charge in [-0.05, 0) is 17.7 Å². The van der Waals surface area contributed by atoms with Crippen molar-refractivity contribution in [2.45, 2.75) is 19.0 Å². The average Bonchev–Trinajstić information content (AvgIpc) is 2.55. The van der Waals surface area contributed by atoms with Crippen LogP contribution in [0.5, 0.6) is 0 Å². The highest BCUT2D eigenvalue weighted by atomic mass is 15.3. The fourth-order valence-electron chi connectivity index (χ4n) is 2.29. The number of anilines is 1. The van der Waals surface area contributed by atoms with E-state index in [9.17, 15) is 0 Å². The lowest BCUT2D eigenvalue weighted by molar-refractivity contribution is 0.614. The van der Waals surface area contributed by atoms with Gasteiger partial charge in [0.1, 0.15) is 6.17 Å². The molecule has 2 unspecified atom stereocenters. The van der Waals surface area contributed by atoms with E-state index in [4.69, 9.17) is 0 Å². The van der Waals surface area contributed by atoms with Crippen LogP contribution in [-0.2, 0) is 0 Å². The second-order valence-corrected chi connectivity index (χ2v) is 3.81. The third-order valence-corrected chi connectivity index (χ3v) is 3.01. The minimum atomic E-state index is 0.275. The fraction of sp³-hybridized carbons (Fsp3) is 0.250. The van der Waals surface area contributed by atoms with Gasteiger partial charge in [0.2, 0.25) is 0 Å². The molecule has 2 aliphatic rings. The van der Waals surface area contributed by atoms with Crippen molar-refractivity contribution in [1.82, 2.24) is 0 Å². The summed E-state index contributed by atoms with van der Waals surface area (Å²) in [5.41, 5.74) is 2.71. The SMILES string of the molecule is CC1c2ccccc2N2C=CC=NC12. The molecule has 2 nitrogen and oxygen atoms in total. The summed E-state index contributed by atoms with van der Waals surface area (Å²) < 4.78 is 0. The minimum Gasteiger partial charge on any atom is -0.324 e. The van der Waals surface area contributed by atoms with Gasteiger partial charge in [-0.3, -0.25) is 4.99 Å². The van der Waals surface area contributed by atoms with E-state index in [1.807, 2.05) is 12.3 Å². The maximum absolute atomic E-state index is 4.50. The number of hydrogen-bond acceptors (Lipinski definition) is 2. The Labute approximate surface area is 83.6 Å². The normalized spacial score (nSPS) is 27.6. The summed E-state index contributed by atoms with van der Waals surface area (Å²) in [6.07, 6.45) is 6.27. The first-order valence-corrected chi connectivity index (χ1v) is 4.95. The number of para-hydroxylation sites is 1. The number of benzene rings is 1. The Hall–Kier alpha value is -1.57. The Bertz CT molecular complexity index is 420. The van der Waals surface area contributed by atoms with Crippen LogP contribution in [0, 0.1) is 0 Å². The van der Waals surface area contributed by atoms with Gasteiger partial charge in [-0.2, -0.15) is 0 Å². The monoisotopic (exact) mass is 184 g/mol. The lowest BCUT2D eigenvalue weighted by atomic mass is 10.0. The third kappa shape index (κ3) is 0.882. The Morgan fingerprint density at radius 1 is 1.29 bits per heavy atom. The molecule has 14 heavy (non-hydrogen) atoms. The molecule has 2 atom stereocenters. The van der Waals surface area contributed by atoms with Gasteiger partial charge in [0.25, 0.3) is 0 Å². The number of allylic oxidation sites excluding steroid dienone is 1. The Kier molecular flexibility index (Phi) is 1.51. The molecule has 0 N–H and O–H groups in total. The van der Waals surface area contributed by atoms with E-state index in [-0.39, 0.29) is 6.17 Å². The van der Waals surface area contributed by atoms with Crippen molar-refractivity contribution in [2.24, 2.45) is 4.99 Å². The minimum absolute atomic E-state index is 0.275. The molecule has 0 fully saturated rings. The molecule has 3 rings (SSSR count). The first-order chi connectivity index (χ1) is 6.88. The van der Waals surface area contributed by atoms with Crippen LogP contribution >= 0.6 is 0 Å². The van der Waals surface area contributed by atoms with Gasteiger partial charge in [-0.25, -0.2) is 0 Å². The molecule has 2 heterocycles. The molecule has 1 aromatic carbocycles. The van der Waals surface area contributed by atoms with Crippen LogP contribution in [0.15, 0.2) is 41.5 Å². The standard InChI is InChI=1S/C12H12N2/c1-9-10-5-2-3-6-11(10)14-8-4-7-13-12(9)14/h2-9,12H,1H3. The molecule has 2 heteroatoms.